The zero-order valence-electron chi connectivity index (χ0n) is 16.6. The highest BCUT2D eigenvalue weighted by atomic mass is 35.5. The van der Waals surface area contributed by atoms with Crippen molar-refractivity contribution in [3.63, 3.8) is 0 Å². The molecule has 6 nitrogen and oxygen atoms in total. The quantitative estimate of drug-likeness (QED) is 0.482. The molecule has 1 saturated heterocycles. The molecule has 1 fully saturated rings. The molecule has 0 amide bonds. The van der Waals surface area contributed by atoms with Crippen LogP contribution >= 0.6 is 23.2 Å². The number of nitrogens with two attached hydrogens (primary N) is 1. The number of aromatic nitrogens is 4. The normalized spacial score (nSPS) is 16.3. The maximum atomic E-state index is 6.88. The number of benzene rings is 2. The van der Waals surface area contributed by atoms with Crippen LogP contribution in [0.4, 0.5) is 5.69 Å². The largest absolute Gasteiger partial charge is 0.371 e. The predicted molar refractivity (Wildman–Crippen MR) is 122 cm³/mol. The van der Waals surface area contributed by atoms with E-state index in [4.69, 9.17) is 28.9 Å². The van der Waals surface area contributed by atoms with Gasteiger partial charge >= 0.3 is 0 Å². The number of aromatic amines is 1. The maximum absolute atomic E-state index is 6.88. The summed E-state index contributed by atoms with van der Waals surface area (Å²) in [5, 5.41) is 13.7. The Morgan fingerprint density at radius 1 is 1.10 bits per heavy atom. The molecule has 0 aliphatic carbocycles. The summed E-state index contributed by atoms with van der Waals surface area (Å²) in [7, 11) is 1.82. The molecule has 1 aliphatic heterocycles. The van der Waals surface area contributed by atoms with E-state index in [1.807, 2.05) is 31.3 Å². The molecule has 0 bridgehead atoms. The third-order valence-corrected chi connectivity index (χ3v) is 6.89. The molecular formula is C22H22Cl2N6. The standard InChI is InChI=1S/C22H22Cl2N6/c1-29-21(24)19-16(28-29)13-17(18(20(19)23)15-7-10-26-27-15)30-11-8-22(25,9-12-30)14-5-3-2-4-6-14/h2-7,10,13H,8-9,11-12,25H2,1H3,(H,26,27). The number of aryl methyl sites for hydroxylation is 1. The first-order valence-electron chi connectivity index (χ1n) is 9.92. The number of halogens is 2. The van der Waals surface area contributed by atoms with Gasteiger partial charge in [0.2, 0.25) is 0 Å². The molecule has 0 saturated carbocycles. The van der Waals surface area contributed by atoms with Crippen LogP contribution in [-0.4, -0.2) is 33.1 Å². The van der Waals surface area contributed by atoms with E-state index >= 15 is 0 Å². The lowest BCUT2D eigenvalue weighted by atomic mass is 9.81. The van der Waals surface area contributed by atoms with Gasteiger partial charge in [0, 0.05) is 43.1 Å². The number of anilines is 1. The van der Waals surface area contributed by atoms with Crippen molar-refractivity contribution in [2.24, 2.45) is 12.8 Å². The van der Waals surface area contributed by atoms with E-state index < -0.39 is 0 Å². The smallest absolute Gasteiger partial charge is 0.136 e. The Hall–Kier alpha value is -2.54. The van der Waals surface area contributed by atoms with E-state index in [1.54, 1.807) is 10.9 Å². The van der Waals surface area contributed by atoms with Crippen LogP contribution < -0.4 is 10.6 Å². The monoisotopic (exact) mass is 440 g/mol. The van der Waals surface area contributed by atoms with E-state index in [-0.39, 0.29) is 5.54 Å². The first-order chi connectivity index (χ1) is 14.5. The summed E-state index contributed by atoms with van der Waals surface area (Å²) in [6, 6.07) is 14.3. The minimum atomic E-state index is -0.327. The van der Waals surface area contributed by atoms with Gasteiger partial charge in [0.1, 0.15) is 5.15 Å². The lowest BCUT2D eigenvalue weighted by Gasteiger charge is -2.41. The Labute approximate surface area is 184 Å². The van der Waals surface area contributed by atoms with Crippen LogP contribution in [0.15, 0.2) is 48.7 Å². The molecule has 1 aliphatic rings. The summed E-state index contributed by atoms with van der Waals surface area (Å²) in [4.78, 5) is 2.33. The van der Waals surface area contributed by atoms with Crippen LogP contribution in [0.3, 0.4) is 0 Å². The summed E-state index contributed by atoms with van der Waals surface area (Å²) in [6.45, 7) is 1.62. The summed E-state index contributed by atoms with van der Waals surface area (Å²) < 4.78 is 1.65. The van der Waals surface area contributed by atoms with Crippen molar-refractivity contribution in [1.82, 2.24) is 20.0 Å². The highest BCUT2D eigenvalue weighted by Crippen LogP contribution is 2.45. The van der Waals surface area contributed by atoms with Crippen LogP contribution in [0.25, 0.3) is 22.2 Å². The Balaban J connectivity index is 1.57. The first-order valence-corrected chi connectivity index (χ1v) is 10.7. The Morgan fingerprint density at radius 3 is 2.50 bits per heavy atom. The zero-order valence-corrected chi connectivity index (χ0v) is 18.1. The zero-order chi connectivity index (χ0) is 20.9. The van der Waals surface area contributed by atoms with E-state index in [0.717, 1.165) is 53.8 Å². The molecular weight excluding hydrogens is 419 g/mol. The third kappa shape index (κ3) is 3.07. The number of nitrogens with one attached hydrogen (secondary N) is 1. The van der Waals surface area contributed by atoms with Crippen molar-refractivity contribution >= 4 is 39.8 Å². The molecule has 0 atom stereocenters. The van der Waals surface area contributed by atoms with Gasteiger partial charge in [-0.25, -0.2) is 0 Å². The van der Waals surface area contributed by atoms with Gasteiger partial charge in [0.15, 0.2) is 0 Å². The lowest BCUT2D eigenvalue weighted by molar-refractivity contribution is 0.343. The predicted octanol–water partition coefficient (Wildman–Crippen LogP) is 4.72. The fourth-order valence-electron chi connectivity index (χ4n) is 4.36. The minimum absolute atomic E-state index is 0.327. The van der Waals surface area contributed by atoms with Crippen molar-refractivity contribution in [1.29, 1.82) is 0 Å². The van der Waals surface area contributed by atoms with Crippen molar-refractivity contribution in [3.05, 3.63) is 64.4 Å². The van der Waals surface area contributed by atoms with Crippen LogP contribution in [0.2, 0.25) is 10.2 Å². The van der Waals surface area contributed by atoms with Crippen LogP contribution in [0.1, 0.15) is 18.4 Å². The number of hydrogen-bond donors (Lipinski definition) is 2. The molecule has 5 rings (SSSR count). The summed E-state index contributed by atoms with van der Waals surface area (Å²) in [6.07, 6.45) is 3.48. The Kier molecular flexibility index (Phi) is 4.73. The highest BCUT2D eigenvalue weighted by molar-refractivity contribution is 6.44. The second-order valence-corrected chi connectivity index (χ2v) is 8.60. The van der Waals surface area contributed by atoms with Crippen molar-refractivity contribution in [2.45, 2.75) is 18.4 Å². The topological polar surface area (TPSA) is 75.8 Å². The van der Waals surface area contributed by atoms with E-state index in [0.29, 0.717) is 10.2 Å². The molecule has 8 heteroatoms. The van der Waals surface area contributed by atoms with Gasteiger partial charge in [0.25, 0.3) is 0 Å². The minimum Gasteiger partial charge on any atom is -0.371 e. The van der Waals surface area contributed by atoms with Gasteiger partial charge < -0.3 is 10.6 Å². The number of rotatable bonds is 3. The molecule has 3 heterocycles. The van der Waals surface area contributed by atoms with Gasteiger partial charge in [-0.1, -0.05) is 53.5 Å². The van der Waals surface area contributed by atoms with Gasteiger partial charge in [-0.05, 0) is 30.5 Å². The molecule has 2 aromatic heterocycles. The fraction of sp³-hybridized carbons (Fsp3) is 0.273. The molecule has 154 valence electrons. The molecule has 2 aromatic carbocycles. The SMILES string of the molecule is Cn1nc2cc(N3CCC(N)(c4ccccc4)CC3)c(-c3cc[nH]n3)c(Cl)c2c1Cl. The van der Waals surface area contributed by atoms with Gasteiger partial charge in [-0.2, -0.15) is 10.2 Å². The summed E-state index contributed by atoms with van der Waals surface area (Å²) in [5.74, 6) is 0. The molecule has 0 spiro atoms. The van der Waals surface area contributed by atoms with E-state index in [2.05, 4.69) is 38.4 Å². The van der Waals surface area contributed by atoms with Crippen molar-refractivity contribution in [2.75, 3.05) is 18.0 Å². The second-order valence-electron chi connectivity index (χ2n) is 7.86. The molecule has 0 radical (unpaired) electrons. The second kappa shape index (κ2) is 7.30. The Bertz CT molecular complexity index is 1190. The Morgan fingerprint density at radius 2 is 1.83 bits per heavy atom. The number of fused-ring (bicyclic) bond motifs is 1. The molecule has 3 N–H and O–H groups in total. The van der Waals surface area contributed by atoms with Crippen molar-refractivity contribution < 1.29 is 0 Å². The molecule has 4 aromatic rings. The summed E-state index contributed by atoms with van der Waals surface area (Å²) >= 11 is 13.4. The number of hydrogen-bond acceptors (Lipinski definition) is 4. The van der Waals surface area contributed by atoms with Gasteiger partial charge in [-0.3, -0.25) is 9.78 Å². The van der Waals surface area contributed by atoms with E-state index in [1.165, 1.54) is 5.56 Å². The molecule has 30 heavy (non-hydrogen) atoms. The summed E-state index contributed by atoms with van der Waals surface area (Å²) in [5.41, 5.74) is 11.1. The first kappa shape index (κ1) is 19.4. The number of piperidine rings is 1. The third-order valence-electron chi connectivity index (χ3n) is 6.07. The van der Waals surface area contributed by atoms with Crippen molar-refractivity contribution in [3.8, 4) is 11.3 Å². The average Bonchev–Trinajstić information content (AvgIpc) is 3.38. The highest BCUT2D eigenvalue weighted by Gasteiger charge is 2.34. The lowest BCUT2D eigenvalue weighted by Crippen LogP contribution is -2.48. The maximum Gasteiger partial charge on any atom is 0.136 e. The van der Waals surface area contributed by atoms with Crippen LogP contribution in [-0.2, 0) is 12.6 Å². The van der Waals surface area contributed by atoms with E-state index in [9.17, 15) is 0 Å². The van der Waals surface area contributed by atoms with Crippen LogP contribution in [0.5, 0.6) is 0 Å². The van der Waals surface area contributed by atoms with Gasteiger partial charge in [0.05, 0.1) is 21.6 Å². The van der Waals surface area contributed by atoms with Gasteiger partial charge in [-0.15, -0.1) is 0 Å². The van der Waals surface area contributed by atoms with Crippen LogP contribution in [0, 0.1) is 0 Å². The number of H-pyrrole nitrogens is 1. The molecule has 0 unspecified atom stereocenters. The average molecular weight is 441 g/mol. The number of nitrogens with zero attached hydrogens (tertiary/aromatic N) is 4. The fourth-order valence-corrected chi connectivity index (χ4v) is 5.02.